The molecule has 16 heavy (non-hydrogen) atoms. The highest BCUT2D eigenvalue weighted by Gasteiger charge is 2.24. The molecule has 0 bridgehead atoms. The van der Waals surface area contributed by atoms with Crippen molar-refractivity contribution in [1.29, 1.82) is 0 Å². The van der Waals surface area contributed by atoms with Gasteiger partial charge >= 0.3 is 5.97 Å². The van der Waals surface area contributed by atoms with E-state index in [0.29, 0.717) is 5.13 Å². The average molecular weight is 243 g/mol. The van der Waals surface area contributed by atoms with Gasteiger partial charge in [0.1, 0.15) is 11.3 Å². The largest absolute Gasteiger partial charge is 0.455 e. The summed E-state index contributed by atoms with van der Waals surface area (Å²) in [5.41, 5.74) is 4.72. The van der Waals surface area contributed by atoms with Gasteiger partial charge in [0, 0.05) is 5.38 Å². The summed E-state index contributed by atoms with van der Waals surface area (Å²) in [5, 5.41) is 13.5. The topological polar surface area (TPSA) is 97.8 Å². The van der Waals surface area contributed by atoms with Gasteiger partial charge in [-0.15, -0.1) is 11.3 Å². The molecule has 0 saturated heterocycles. The van der Waals surface area contributed by atoms with Gasteiger partial charge in [-0.05, 0) is 20.8 Å². The molecular formula is C9H13N3O3S. The minimum atomic E-state index is -0.736. The zero-order valence-corrected chi connectivity index (χ0v) is 10.0. The molecular weight excluding hydrogens is 230 g/mol. The highest BCUT2D eigenvalue weighted by atomic mass is 32.1. The first-order chi connectivity index (χ1) is 7.33. The number of thiazole rings is 1. The standard InChI is InChI=1S/C9H13N3O3S/c1-9(2,3)15-7(13)6(12-14)5-4-16-8(10)11-5/h4,14H,1-3H3,(H2,10,11)/b12-6-. The monoisotopic (exact) mass is 243 g/mol. The second-order valence-electron chi connectivity index (χ2n) is 4.02. The number of hydrogen-bond acceptors (Lipinski definition) is 7. The molecule has 1 rings (SSSR count). The van der Waals surface area contributed by atoms with Crippen LogP contribution >= 0.6 is 11.3 Å². The quantitative estimate of drug-likeness (QED) is 0.352. The minimum Gasteiger partial charge on any atom is -0.455 e. The lowest BCUT2D eigenvalue weighted by molar-refractivity contribution is -0.146. The smallest absolute Gasteiger partial charge is 0.363 e. The number of carbonyl (C=O) groups excluding carboxylic acids is 1. The lowest BCUT2D eigenvalue weighted by atomic mass is 10.2. The van der Waals surface area contributed by atoms with Crippen LogP contribution < -0.4 is 5.73 Å². The summed E-state index contributed by atoms with van der Waals surface area (Å²) in [5.74, 6) is -0.736. The van der Waals surface area contributed by atoms with Crippen molar-refractivity contribution in [1.82, 2.24) is 4.98 Å². The first kappa shape index (κ1) is 12.4. The van der Waals surface area contributed by atoms with Crippen LogP contribution in [0.4, 0.5) is 5.13 Å². The molecule has 1 aromatic rings. The maximum absolute atomic E-state index is 11.6. The van der Waals surface area contributed by atoms with Crippen LogP contribution in [0.15, 0.2) is 10.5 Å². The van der Waals surface area contributed by atoms with Crippen molar-refractivity contribution in [3.05, 3.63) is 11.1 Å². The van der Waals surface area contributed by atoms with Gasteiger partial charge < -0.3 is 15.7 Å². The van der Waals surface area contributed by atoms with E-state index in [1.165, 1.54) is 5.38 Å². The van der Waals surface area contributed by atoms with Gasteiger partial charge in [0.25, 0.3) is 0 Å². The summed E-state index contributed by atoms with van der Waals surface area (Å²) in [6.45, 7) is 5.15. The number of nitrogens with zero attached hydrogens (tertiary/aromatic N) is 2. The summed E-state index contributed by atoms with van der Waals surface area (Å²) < 4.78 is 5.05. The molecule has 0 aliphatic rings. The lowest BCUT2D eigenvalue weighted by Gasteiger charge is -2.19. The summed E-state index contributed by atoms with van der Waals surface area (Å²) in [7, 11) is 0. The van der Waals surface area contributed by atoms with Crippen LogP contribution in [0.2, 0.25) is 0 Å². The maximum atomic E-state index is 11.6. The van der Waals surface area contributed by atoms with Crippen LogP contribution in [0.5, 0.6) is 0 Å². The van der Waals surface area contributed by atoms with Crippen LogP contribution in [0.1, 0.15) is 26.5 Å². The number of oxime groups is 1. The third kappa shape index (κ3) is 3.20. The van der Waals surface area contributed by atoms with Crippen molar-refractivity contribution >= 4 is 28.1 Å². The molecule has 1 aromatic heterocycles. The van der Waals surface area contributed by atoms with Gasteiger partial charge in [-0.2, -0.15) is 0 Å². The second kappa shape index (κ2) is 4.48. The molecule has 6 nitrogen and oxygen atoms in total. The number of carbonyl (C=O) groups is 1. The first-order valence-corrected chi connectivity index (χ1v) is 5.38. The first-order valence-electron chi connectivity index (χ1n) is 4.50. The summed E-state index contributed by atoms with van der Waals surface area (Å²) in [6, 6.07) is 0. The second-order valence-corrected chi connectivity index (χ2v) is 4.91. The maximum Gasteiger partial charge on any atom is 0.363 e. The SMILES string of the molecule is CC(C)(C)OC(=O)/C(=N\O)c1csc(N)n1. The van der Waals surface area contributed by atoms with Crippen LogP contribution in [-0.4, -0.2) is 27.5 Å². The van der Waals surface area contributed by atoms with Crippen molar-refractivity contribution < 1.29 is 14.7 Å². The summed E-state index contributed by atoms with van der Waals surface area (Å²) in [6.07, 6.45) is 0. The van der Waals surface area contributed by atoms with E-state index in [2.05, 4.69) is 10.1 Å². The Labute approximate surface area is 96.7 Å². The molecule has 0 atom stereocenters. The van der Waals surface area contributed by atoms with Crippen LogP contribution in [0, 0.1) is 0 Å². The molecule has 0 unspecified atom stereocenters. The number of aromatic nitrogens is 1. The van der Waals surface area contributed by atoms with E-state index in [4.69, 9.17) is 15.7 Å². The molecule has 0 aliphatic heterocycles. The third-order valence-electron chi connectivity index (χ3n) is 1.46. The molecule has 3 N–H and O–H groups in total. The highest BCUT2D eigenvalue weighted by molar-refractivity contribution is 7.13. The van der Waals surface area contributed by atoms with E-state index in [1.54, 1.807) is 20.8 Å². The zero-order valence-electron chi connectivity index (χ0n) is 9.22. The van der Waals surface area contributed by atoms with Crippen molar-refractivity contribution in [2.75, 3.05) is 5.73 Å². The molecule has 0 radical (unpaired) electrons. The van der Waals surface area contributed by atoms with Gasteiger partial charge in [-0.3, -0.25) is 0 Å². The minimum absolute atomic E-state index is 0.208. The van der Waals surface area contributed by atoms with Gasteiger partial charge in [0.05, 0.1) is 0 Å². The number of rotatable bonds is 2. The molecule has 0 fully saturated rings. The number of nitrogen functional groups attached to an aromatic ring is 1. The molecule has 0 aromatic carbocycles. The van der Waals surface area contributed by atoms with E-state index in [9.17, 15) is 4.79 Å². The Balaban J connectivity index is 2.89. The van der Waals surface area contributed by atoms with Crippen molar-refractivity contribution in [2.45, 2.75) is 26.4 Å². The van der Waals surface area contributed by atoms with Crippen molar-refractivity contribution in [3.8, 4) is 0 Å². The predicted molar refractivity (Wildman–Crippen MR) is 60.7 cm³/mol. The fourth-order valence-corrected chi connectivity index (χ4v) is 1.47. The van der Waals surface area contributed by atoms with Gasteiger partial charge in [-0.1, -0.05) is 5.16 Å². The normalized spacial score (nSPS) is 12.6. The molecule has 0 saturated carbocycles. The number of anilines is 1. The number of ether oxygens (including phenoxy) is 1. The number of nitrogens with two attached hydrogens (primary N) is 1. The summed E-state index contributed by atoms with van der Waals surface area (Å²) >= 11 is 1.15. The Morgan fingerprint density at radius 3 is 2.62 bits per heavy atom. The predicted octanol–water partition coefficient (Wildman–Crippen LogP) is 1.25. The van der Waals surface area contributed by atoms with E-state index >= 15 is 0 Å². The Bertz CT molecular complexity index is 420. The van der Waals surface area contributed by atoms with Gasteiger partial charge in [-0.25, -0.2) is 9.78 Å². The average Bonchev–Trinajstić information content (AvgIpc) is 2.49. The van der Waals surface area contributed by atoms with Gasteiger partial charge in [0.2, 0.25) is 5.71 Å². The summed E-state index contributed by atoms with van der Waals surface area (Å²) in [4.78, 5) is 15.4. The van der Waals surface area contributed by atoms with E-state index < -0.39 is 11.6 Å². The Kier molecular flexibility index (Phi) is 3.48. The zero-order chi connectivity index (χ0) is 12.3. The number of hydrogen-bond donors (Lipinski definition) is 2. The lowest BCUT2D eigenvalue weighted by Crippen LogP contribution is -2.29. The Morgan fingerprint density at radius 1 is 1.62 bits per heavy atom. The van der Waals surface area contributed by atoms with Gasteiger partial charge in [0.15, 0.2) is 5.13 Å². The van der Waals surface area contributed by atoms with E-state index in [1.807, 2.05) is 0 Å². The molecule has 1 heterocycles. The fraction of sp³-hybridized carbons (Fsp3) is 0.444. The third-order valence-corrected chi connectivity index (χ3v) is 2.13. The molecule has 0 amide bonds. The van der Waals surface area contributed by atoms with E-state index in [-0.39, 0.29) is 11.4 Å². The number of esters is 1. The molecule has 0 spiro atoms. The van der Waals surface area contributed by atoms with Crippen molar-refractivity contribution in [3.63, 3.8) is 0 Å². The van der Waals surface area contributed by atoms with Crippen molar-refractivity contribution in [2.24, 2.45) is 5.16 Å². The van der Waals surface area contributed by atoms with Crippen LogP contribution in [0.25, 0.3) is 0 Å². The highest BCUT2D eigenvalue weighted by Crippen LogP contribution is 2.14. The molecule has 0 aliphatic carbocycles. The van der Waals surface area contributed by atoms with Crippen LogP contribution in [-0.2, 0) is 9.53 Å². The molecule has 7 heteroatoms. The molecule has 88 valence electrons. The Morgan fingerprint density at radius 2 is 2.25 bits per heavy atom. The fourth-order valence-electron chi connectivity index (χ4n) is 0.919. The van der Waals surface area contributed by atoms with E-state index in [0.717, 1.165) is 11.3 Å². The van der Waals surface area contributed by atoms with Crippen LogP contribution in [0.3, 0.4) is 0 Å². The Hall–Kier alpha value is -1.63.